The van der Waals surface area contributed by atoms with Crippen molar-refractivity contribution in [2.45, 2.75) is 13.5 Å². The van der Waals surface area contributed by atoms with Crippen molar-refractivity contribution >= 4 is 27.5 Å². The van der Waals surface area contributed by atoms with Crippen molar-refractivity contribution in [1.82, 2.24) is 9.78 Å². The molecule has 0 bridgehead atoms. The van der Waals surface area contributed by atoms with Crippen LogP contribution in [0.1, 0.15) is 11.3 Å². The summed E-state index contributed by atoms with van der Waals surface area (Å²) in [5, 5.41) is 4.91. The molecule has 0 saturated heterocycles. The minimum Gasteiger partial charge on any atom is -0.497 e. The monoisotopic (exact) mass is 314 g/mol. The minimum absolute atomic E-state index is 0.663. The lowest BCUT2D eigenvalue weighted by molar-refractivity contribution is 0.414. The van der Waals surface area contributed by atoms with Gasteiger partial charge < -0.3 is 4.74 Å². The van der Waals surface area contributed by atoms with Crippen LogP contribution in [0.15, 0.2) is 28.9 Å². The molecule has 0 unspecified atom stereocenters. The van der Waals surface area contributed by atoms with E-state index in [0.717, 1.165) is 21.5 Å². The standard InChI is InChI=1S/C12H12BrClN2O/c1-8-12(14)6-15-16(8)7-9-5-10(17-2)3-4-11(9)13/h3-6H,7H2,1-2H3. The average molecular weight is 316 g/mol. The highest BCUT2D eigenvalue weighted by molar-refractivity contribution is 9.10. The van der Waals surface area contributed by atoms with Gasteiger partial charge in [0.1, 0.15) is 5.75 Å². The van der Waals surface area contributed by atoms with E-state index in [1.54, 1.807) is 13.3 Å². The highest BCUT2D eigenvalue weighted by Gasteiger charge is 2.07. The molecular formula is C12H12BrClN2O. The van der Waals surface area contributed by atoms with Gasteiger partial charge in [0, 0.05) is 4.47 Å². The normalized spacial score (nSPS) is 10.6. The van der Waals surface area contributed by atoms with Crippen molar-refractivity contribution in [3.63, 3.8) is 0 Å². The molecule has 0 N–H and O–H groups in total. The van der Waals surface area contributed by atoms with Crippen molar-refractivity contribution in [2.24, 2.45) is 0 Å². The second-order valence-corrected chi connectivity index (χ2v) is 4.95. The summed E-state index contributed by atoms with van der Waals surface area (Å²) in [5.41, 5.74) is 2.06. The van der Waals surface area contributed by atoms with Gasteiger partial charge in [-0.3, -0.25) is 4.68 Å². The summed E-state index contributed by atoms with van der Waals surface area (Å²) in [6.45, 7) is 2.61. The Balaban J connectivity index is 2.32. The number of halogens is 2. The van der Waals surface area contributed by atoms with Crippen molar-refractivity contribution in [3.05, 3.63) is 45.1 Å². The van der Waals surface area contributed by atoms with E-state index in [1.165, 1.54) is 0 Å². The van der Waals surface area contributed by atoms with Crippen molar-refractivity contribution in [2.75, 3.05) is 7.11 Å². The van der Waals surface area contributed by atoms with Gasteiger partial charge in [-0.2, -0.15) is 5.10 Å². The molecule has 3 nitrogen and oxygen atoms in total. The Labute approximate surface area is 113 Å². The second-order valence-electron chi connectivity index (χ2n) is 3.69. The fraction of sp³-hybridized carbons (Fsp3) is 0.250. The van der Waals surface area contributed by atoms with Crippen LogP contribution in [-0.4, -0.2) is 16.9 Å². The smallest absolute Gasteiger partial charge is 0.119 e. The van der Waals surface area contributed by atoms with E-state index in [1.807, 2.05) is 29.8 Å². The Hall–Kier alpha value is -1.00. The van der Waals surface area contributed by atoms with Crippen molar-refractivity contribution in [3.8, 4) is 5.75 Å². The molecule has 5 heteroatoms. The fourth-order valence-corrected chi connectivity index (χ4v) is 2.06. The highest BCUT2D eigenvalue weighted by Crippen LogP contribution is 2.24. The molecule has 90 valence electrons. The quantitative estimate of drug-likeness (QED) is 0.864. The summed E-state index contributed by atoms with van der Waals surface area (Å²) >= 11 is 9.49. The van der Waals surface area contributed by atoms with Crippen LogP contribution in [0.5, 0.6) is 5.75 Å². The maximum atomic E-state index is 5.97. The first-order valence-electron chi connectivity index (χ1n) is 5.12. The summed E-state index contributed by atoms with van der Waals surface area (Å²) in [7, 11) is 1.66. The predicted octanol–water partition coefficient (Wildman–Crippen LogP) is 3.66. The van der Waals surface area contributed by atoms with Crippen molar-refractivity contribution < 1.29 is 4.74 Å². The van der Waals surface area contributed by atoms with Gasteiger partial charge in [-0.15, -0.1) is 0 Å². The van der Waals surface area contributed by atoms with E-state index in [-0.39, 0.29) is 0 Å². The van der Waals surface area contributed by atoms with Crippen LogP contribution in [0.4, 0.5) is 0 Å². The Bertz CT molecular complexity index is 539. The summed E-state index contributed by atoms with van der Waals surface area (Å²) in [6.07, 6.45) is 1.66. The Morgan fingerprint density at radius 2 is 2.24 bits per heavy atom. The molecule has 0 aliphatic carbocycles. The van der Waals surface area contributed by atoms with Crippen LogP contribution in [0.2, 0.25) is 5.02 Å². The molecule has 0 atom stereocenters. The van der Waals surface area contributed by atoms with Crippen LogP contribution >= 0.6 is 27.5 Å². The third-order valence-electron chi connectivity index (χ3n) is 2.62. The highest BCUT2D eigenvalue weighted by atomic mass is 79.9. The van der Waals surface area contributed by atoms with Crippen LogP contribution in [0, 0.1) is 6.92 Å². The molecule has 1 aromatic heterocycles. The summed E-state index contributed by atoms with van der Waals surface area (Å²) in [5.74, 6) is 0.833. The lowest BCUT2D eigenvalue weighted by atomic mass is 10.2. The number of nitrogens with zero attached hydrogens (tertiary/aromatic N) is 2. The number of benzene rings is 1. The topological polar surface area (TPSA) is 27.1 Å². The van der Waals surface area contributed by atoms with Gasteiger partial charge in [-0.1, -0.05) is 27.5 Å². The number of hydrogen-bond donors (Lipinski definition) is 0. The molecule has 0 aliphatic rings. The molecule has 0 fully saturated rings. The predicted molar refractivity (Wildman–Crippen MR) is 71.8 cm³/mol. The molecule has 2 aromatic rings. The van der Waals surface area contributed by atoms with Crippen LogP contribution in [0.3, 0.4) is 0 Å². The Kier molecular flexibility index (Phi) is 3.74. The van der Waals surface area contributed by atoms with Gasteiger partial charge in [-0.05, 0) is 30.7 Å². The van der Waals surface area contributed by atoms with Gasteiger partial charge in [0.25, 0.3) is 0 Å². The Morgan fingerprint density at radius 3 is 2.82 bits per heavy atom. The van der Waals surface area contributed by atoms with E-state index < -0.39 is 0 Å². The van der Waals surface area contributed by atoms with Crippen LogP contribution in [-0.2, 0) is 6.54 Å². The first-order valence-corrected chi connectivity index (χ1v) is 6.29. The fourth-order valence-electron chi connectivity index (χ4n) is 1.54. The molecule has 1 aromatic carbocycles. The summed E-state index contributed by atoms with van der Waals surface area (Å²) in [4.78, 5) is 0. The number of hydrogen-bond acceptors (Lipinski definition) is 2. The zero-order chi connectivity index (χ0) is 12.4. The lowest BCUT2D eigenvalue weighted by Crippen LogP contribution is -2.04. The zero-order valence-electron chi connectivity index (χ0n) is 9.58. The largest absolute Gasteiger partial charge is 0.497 e. The summed E-state index contributed by atoms with van der Waals surface area (Å²) in [6, 6.07) is 5.87. The number of aromatic nitrogens is 2. The molecule has 17 heavy (non-hydrogen) atoms. The molecule has 0 saturated carbocycles. The summed E-state index contributed by atoms with van der Waals surface area (Å²) < 4.78 is 8.10. The molecule has 0 spiro atoms. The number of methoxy groups -OCH3 is 1. The average Bonchev–Trinajstić information content (AvgIpc) is 2.64. The number of ether oxygens (including phenoxy) is 1. The third-order valence-corrected chi connectivity index (χ3v) is 3.76. The maximum absolute atomic E-state index is 5.97. The van der Waals surface area contributed by atoms with E-state index >= 15 is 0 Å². The number of rotatable bonds is 3. The van der Waals surface area contributed by atoms with E-state index in [9.17, 15) is 0 Å². The van der Waals surface area contributed by atoms with Gasteiger partial charge >= 0.3 is 0 Å². The first kappa shape index (κ1) is 12.5. The zero-order valence-corrected chi connectivity index (χ0v) is 11.9. The molecular weight excluding hydrogens is 304 g/mol. The molecule has 0 aliphatic heterocycles. The van der Waals surface area contributed by atoms with Gasteiger partial charge in [0.15, 0.2) is 0 Å². The second kappa shape index (κ2) is 5.10. The van der Waals surface area contributed by atoms with Gasteiger partial charge in [0.2, 0.25) is 0 Å². The molecule has 0 radical (unpaired) electrons. The van der Waals surface area contributed by atoms with Gasteiger partial charge in [0.05, 0.1) is 30.6 Å². The minimum atomic E-state index is 0.663. The maximum Gasteiger partial charge on any atom is 0.119 e. The van der Waals surface area contributed by atoms with E-state index in [2.05, 4.69) is 21.0 Å². The van der Waals surface area contributed by atoms with E-state index in [0.29, 0.717) is 11.6 Å². The molecule has 1 heterocycles. The van der Waals surface area contributed by atoms with E-state index in [4.69, 9.17) is 16.3 Å². The van der Waals surface area contributed by atoms with Crippen LogP contribution < -0.4 is 4.74 Å². The third kappa shape index (κ3) is 2.64. The van der Waals surface area contributed by atoms with Crippen LogP contribution in [0.25, 0.3) is 0 Å². The first-order chi connectivity index (χ1) is 8.11. The molecule has 2 rings (SSSR count). The molecule has 0 amide bonds. The SMILES string of the molecule is COc1ccc(Br)c(Cn2ncc(Cl)c2C)c1. The van der Waals surface area contributed by atoms with Crippen molar-refractivity contribution in [1.29, 1.82) is 0 Å². The Morgan fingerprint density at radius 1 is 1.47 bits per heavy atom. The lowest BCUT2D eigenvalue weighted by Gasteiger charge is -2.09. The van der Waals surface area contributed by atoms with Gasteiger partial charge in [-0.25, -0.2) is 0 Å².